The van der Waals surface area contributed by atoms with E-state index in [9.17, 15) is 9.59 Å². The number of benzene rings is 3. The smallest absolute Gasteiger partial charge is 0.307 e. The van der Waals surface area contributed by atoms with Crippen LogP contribution in [0, 0.1) is 0 Å². The SMILES string of the molecule is O=C(/C=C/c1cn(-c2ccccc2)nc1-c1ccc(Br)cc1)NNC(=O)Nc1ccc(Cl)cc1. The summed E-state index contributed by atoms with van der Waals surface area (Å²) in [7, 11) is 0. The van der Waals surface area contributed by atoms with Crippen molar-refractivity contribution in [3.63, 3.8) is 0 Å². The number of urea groups is 1. The first kappa shape index (κ1) is 23.3. The monoisotopic (exact) mass is 535 g/mol. The Labute approximate surface area is 209 Å². The molecule has 4 rings (SSSR count). The number of rotatable bonds is 5. The number of carbonyl (C=O) groups excluding carboxylic acids is 2. The molecule has 0 saturated carbocycles. The summed E-state index contributed by atoms with van der Waals surface area (Å²) >= 11 is 9.27. The first-order chi connectivity index (χ1) is 16.5. The highest BCUT2D eigenvalue weighted by Crippen LogP contribution is 2.26. The summed E-state index contributed by atoms with van der Waals surface area (Å²) in [6, 6.07) is 23.5. The van der Waals surface area contributed by atoms with E-state index < -0.39 is 11.9 Å². The summed E-state index contributed by atoms with van der Waals surface area (Å²) in [5.74, 6) is -0.500. The van der Waals surface area contributed by atoms with Crippen LogP contribution in [-0.2, 0) is 4.79 Å². The number of carbonyl (C=O) groups is 2. The molecule has 0 aliphatic rings. The van der Waals surface area contributed by atoms with E-state index in [0.717, 1.165) is 21.3 Å². The quantitative estimate of drug-likeness (QED) is 0.222. The molecule has 170 valence electrons. The number of hydrogen-bond donors (Lipinski definition) is 3. The zero-order valence-corrected chi connectivity index (χ0v) is 20.0. The van der Waals surface area contributed by atoms with Crippen LogP contribution < -0.4 is 16.2 Å². The highest BCUT2D eigenvalue weighted by molar-refractivity contribution is 9.10. The Bertz CT molecular complexity index is 1320. The normalized spacial score (nSPS) is 10.8. The molecule has 0 unspecified atom stereocenters. The van der Waals surface area contributed by atoms with Crippen LogP contribution in [0.5, 0.6) is 0 Å². The van der Waals surface area contributed by atoms with Gasteiger partial charge in [-0.05, 0) is 54.6 Å². The van der Waals surface area contributed by atoms with Crippen molar-refractivity contribution < 1.29 is 9.59 Å². The van der Waals surface area contributed by atoms with Crippen molar-refractivity contribution in [2.24, 2.45) is 0 Å². The van der Waals surface area contributed by atoms with Gasteiger partial charge in [-0.25, -0.2) is 14.9 Å². The lowest BCUT2D eigenvalue weighted by Crippen LogP contribution is -2.43. The van der Waals surface area contributed by atoms with Crippen LogP contribution >= 0.6 is 27.5 Å². The highest BCUT2D eigenvalue weighted by Gasteiger charge is 2.11. The van der Waals surface area contributed by atoms with Crippen molar-refractivity contribution >= 4 is 51.2 Å². The second-order valence-corrected chi connectivity index (χ2v) is 8.48. The van der Waals surface area contributed by atoms with Crippen molar-refractivity contribution in [3.05, 3.63) is 106 Å². The molecule has 9 heteroatoms. The molecule has 0 atom stereocenters. The molecule has 0 saturated heterocycles. The Balaban J connectivity index is 1.47. The molecule has 34 heavy (non-hydrogen) atoms. The van der Waals surface area contributed by atoms with Gasteiger partial charge in [0, 0.05) is 38.6 Å². The van der Waals surface area contributed by atoms with E-state index >= 15 is 0 Å². The molecule has 1 heterocycles. The first-order valence-corrected chi connectivity index (χ1v) is 11.4. The second kappa shape index (κ2) is 10.8. The largest absolute Gasteiger partial charge is 0.337 e. The minimum Gasteiger partial charge on any atom is -0.307 e. The van der Waals surface area contributed by atoms with E-state index in [4.69, 9.17) is 16.7 Å². The van der Waals surface area contributed by atoms with E-state index in [1.54, 1.807) is 35.0 Å². The number of halogens is 2. The van der Waals surface area contributed by atoms with Crippen molar-refractivity contribution in [2.75, 3.05) is 5.32 Å². The van der Waals surface area contributed by atoms with Gasteiger partial charge in [-0.3, -0.25) is 10.2 Å². The zero-order chi connectivity index (χ0) is 23.9. The molecule has 0 aliphatic heterocycles. The van der Waals surface area contributed by atoms with E-state index in [1.807, 2.05) is 60.8 Å². The lowest BCUT2D eigenvalue weighted by atomic mass is 10.1. The maximum atomic E-state index is 12.3. The molecule has 3 N–H and O–H groups in total. The van der Waals surface area contributed by atoms with Crippen LogP contribution in [0.4, 0.5) is 10.5 Å². The van der Waals surface area contributed by atoms with Crippen LogP contribution in [0.25, 0.3) is 23.0 Å². The van der Waals surface area contributed by atoms with Crippen molar-refractivity contribution in [3.8, 4) is 16.9 Å². The van der Waals surface area contributed by atoms with Crippen LogP contribution in [0.3, 0.4) is 0 Å². The molecule has 0 fully saturated rings. The number of nitrogens with one attached hydrogen (secondary N) is 3. The molecule has 3 amide bonds. The van der Waals surface area contributed by atoms with Gasteiger partial charge in [0.05, 0.1) is 11.4 Å². The van der Waals surface area contributed by atoms with E-state index in [0.29, 0.717) is 16.4 Å². The van der Waals surface area contributed by atoms with Gasteiger partial charge >= 0.3 is 6.03 Å². The summed E-state index contributed by atoms with van der Waals surface area (Å²) in [5.41, 5.74) is 8.44. The van der Waals surface area contributed by atoms with E-state index in [1.165, 1.54) is 6.08 Å². The number of nitrogens with zero attached hydrogens (tertiary/aromatic N) is 2. The summed E-state index contributed by atoms with van der Waals surface area (Å²) < 4.78 is 2.71. The van der Waals surface area contributed by atoms with Gasteiger partial charge in [0.2, 0.25) is 0 Å². The fourth-order valence-electron chi connectivity index (χ4n) is 3.08. The van der Waals surface area contributed by atoms with Gasteiger partial charge in [0.25, 0.3) is 5.91 Å². The molecule has 0 spiro atoms. The molecule has 4 aromatic rings. The van der Waals surface area contributed by atoms with Gasteiger partial charge in [0.15, 0.2) is 0 Å². The molecule has 7 nitrogen and oxygen atoms in total. The van der Waals surface area contributed by atoms with Crippen molar-refractivity contribution in [2.45, 2.75) is 0 Å². The Kier molecular flexibility index (Phi) is 7.41. The summed E-state index contributed by atoms with van der Waals surface area (Å²) in [6.45, 7) is 0. The molecule has 1 aromatic heterocycles. The van der Waals surface area contributed by atoms with Gasteiger partial charge in [-0.1, -0.05) is 57.9 Å². The van der Waals surface area contributed by atoms with Crippen LogP contribution in [-0.4, -0.2) is 21.7 Å². The summed E-state index contributed by atoms with van der Waals surface area (Å²) in [5, 5.41) is 7.86. The molecule has 3 aromatic carbocycles. The number of hydrogen-bond acceptors (Lipinski definition) is 3. The highest BCUT2D eigenvalue weighted by atomic mass is 79.9. The third-order valence-electron chi connectivity index (χ3n) is 4.70. The summed E-state index contributed by atoms with van der Waals surface area (Å²) in [6.07, 6.45) is 4.83. The van der Waals surface area contributed by atoms with Crippen molar-refractivity contribution in [1.82, 2.24) is 20.6 Å². The van der Waals surface area contributed by atoms with Gasteiger partial charge in [0.1, 0.15) is 0 Å². The minimum absolute atomic E-state index is 0.500. The predicted octanol–water partition coefficient (Wildman–Crippen LogP) is 5.82. The lowest BCUT2D eigenvalue weighted by molar-refractivity contribution is -0.117. The predicted molar refractivity (Wildman–Crippen MR) is 137 cm³/mol. The Morgan fingerprint density at radius 3 is 2.32 bits per heavy atom. The van der Waals surface area contributed by atoms with Crippen LogP contribution in [0.15, 0.2) is 95.6 Å². The maximum Gasteiger partial charge on any atom is 0.337 e. The van der Waals surface area contributed by atoms with Crippen LogP contribution in [0.1, 0.15) is 5.56 Å². The Hall–Kier alpha value is -3.88. The Morgan fingerprint density at radius 1 is 0.912 bits per heavy atom. The molecule has 0 bridgehead atoms. The number of aromatic nitrogens is 2. The van der Waals surface area contributed by atoms with E-state index in [2.05, 4.69) is 32.1 Å². The minimum atomic E-state index is -0.587. The van der Waals surface area contributed by atoms with Crippen LogP contribution in [0.2, 0.25) is 5.02 Å². The molecular weight excluding hydrogens is 518 g/mol. The Morgan fingerprint density at radius 2 is 1.62 bits per heavy atom. The summed E-state index contributed by atoms with van der Waals surface area (Å²) in [4.78, 5) is 24.3. The average molecular weight is 537 g/mol. The topological polar surface area (TPSA) is 88.1 Å². The molecule has 0 aliphatic carbocycles. The number of para-hydroxylation sites is 1. The third kappa shape index (κ3) is 6.12. The second-order valence-electron chi connectivity index (χ2n) is 7.13. The number of hydrazine groups is 1. The number of amides is 3. The number of anilines is 1. The first-order valence-electron chi connectivity index (χ1n) is 10.2. The van der Waals surface area contributed by atoms with Gasteiger partial charge in [-0.15, -0.1) is 0 Å². The van der Waals surface area contributed by atoms with Gasteiger partial charge in [-0.2, -0.15) is 5.10 Å². The fraction of sp³-hybridized carbons (Fsp3) is 0. The molecule has 0 radical (unpaired) electrons. The van der Waals surface area contributed by atoms with E-state index in [-0.39, 0.29) is 0 Å². The zero-order valence-electron chi connectivity index (χ0n) is 17.7. The lowest BCUT2D eigenvalue weighted by Gasteiger charge is -2.07. The van der Waals surface area contributed by atoms with Gasteiger partial charge < -0.3 is 5.32 Å². The average Bonchev–Trinajstić information content (AvgIpc) is 3.28. The third-order valence-corrected chi connectivity index (χ3v) is 5.48. The fourth-order valence-corrected chi connectivity index (χ4v) is 3.47. The standard InChI is InChI=1S/C25H19BrClN5O2/c26-19-9-6-17(7-10-19)24-18(16-32(31-24)22-4-2-1-3-5-22)8-15-23(33)29-30-25(34)28-21-13-11-20(27)12-14-21/h1-16H,(H,29,33)(H2,28,30,34)/b15-8+. The molecular formula is C25H19BrClN5O2. The van der Waals surface area contributed by atoms with Crippen molar-refractivity contribution in [1.29, 1.82) is 0 Å². The maximum absolute atomic E-state index is 12.3.